The van der Waals surface area contributed by atoms with Crippen molar-refractivity contribution in [2.75, 3.05) is 0 Å². The molecule has 0 saturated heterocycles. The molecule has 0 spiro atoms. The summed E-state index contributed by atoms with van der Waals surface area (Å²) in [5.74, 6) is 0.144. The summed E-state index contributed by atoms with van der Waals surface area (Å²) in [6, 6.07) is 0. The largest absolute Gasteiger partial charge is 0.287 e. The summed E-state index contributed by atoms with van der Waals surface area (Å²) in [4.78, 5) is 11.0. The second kappa shape index (κ2) is 16.4. The van der Waals surface area contributed by atoms with Crippen LogP contribution < -0.4 is 0 Å². The van der Waals surface area contributed by atoms with Crippen LogP contribution in [0.4, 0.5) is 0 Å². The molecule has 0 aliphatic carbocycles. The van der Waals surface area contributed by atoms with E-state index in [0.29, 0.717) is 0 Å². The Morgan fingerprint density at radius 1 is 0.714 bits per heavy atom. The van der Waals surface area contributed by atoms with Crippen molar-refractivity contribution in [2.45, 2.75) is 110 Å². The molecule has 0 aromatic rings. The molecule has 0 aliphatic rings. The molecule has 0 aromatic carbocycles. The van der Waals surface area contributed by atoms with Gasteiger partial charge in [-0.1, -0.05) is 104 Å². The number of carbonyl (C=O) groups is 1. The third-order valence-corrected chi connectivity index (χ3v) is 4.85. The van der Waals surface area contributed by atoms with Gasteiger partial charge in [0.05, 0.1) is 0 Å². The number of thiol groups is 1. The third kappa shape index (κ3) is 16.2. The molecular weight excluding hydrogens is 276 g/mol. The summed E-state index contributed by atoms with van der Waals surface area (Å²) < 4.78 is 0. The van der Waals surface area contributed by atoms with Crippen molar-refractivity contribution in [3.63, 3.8) is 0 Å². The second-order valence-electron chi connectivity index (χ2n) is 6.62. The van der Waals surface area contributed by atoms with Gasteiger partial charge < -0.3 is 0 Å². The lowest BCUT2D eigenvalue weighted by atomic mass is 10.0. The van der Waals surface area contributed by atoms with Crippen molar-refractivity contribution in [3.05, 3.63) is 0 Å². The molecule has 21 heavy (non-hydrogen) atoms. The van der Waals surface area contributed by atoms with Crippen LogP contribution >= 0.6 is 12.6 Å². The van der Waals surface area contributed by atoms with Crippen molar-refractivity contribution >= 4 is 17.7 Å². The molecule has 1 nitrogen and oxygen atoms in total. The molecule has 1 atom stereocenters. The first-order chi connectivity index (χ1) is 10.2. The van der Waals surface area contributed by atoms with Gasteiger partial charge >= 0.3 is 0 Å². The number of hydrogen-bond acceptors (Lipinski definition) is 1. The third-order valence-electron chi connectivity index (χ3n) is 4.41. The van der Waals surface area contributed by atoms with Crippen LogP contribution in [-0.2, 0) is 4.79 Å². The fourth-order valence-electron chi connectivity index (χ4n) is 2.77. The van der Waals surface area contributed by atoms with Gasteiger partial charge in [-0.15, -0.1) is 12.6 Å². The van der Waals surface area contributed by atoms with E-state index in [0.717, 1.165) is 6.42 Å². The maximum Gasteiger partial charge on any atom is 0.188 e. The topological polar surface area (TPSA) is 17.1 Å². The fourth-order valence-corrected chi connectivity index (χ4v) is 2.90. The Morgan fingerprint density at radius 2 is 1.05 bits per heavy atom. The molecular formula is C19H38OS. The molecule has 126 valence electrons. The Labute approximate surface area is 139 Å². The van der Waals surface area contributed by atoms with E-state index in [1.807, 2.05) is 6.92 Å². The van der Waals surface area contributed by atoms with Gasteiger partial charge in [-0.05, 0) is 6.42 Å². The average molecular weight is 315 g/mol. The first kappa shape index (κ1) is 21.0. The normalized spacial score (nSPS) is 12.5. The quantitative estimate of drug-likeness (QED) is 0.241. The predicted molar refractivity (Wildman–Crippen MR) is 98.1 cm³/mol. The van der Waals surface area contributed by atoms with Crippen LogP contribution in [0.2, 0.25) is 0 Å². The van der Waals surface area contributed by atoms with Crippen LogP contribution in [0, 0.1) is 5.92 Å². The standard InChI is InChI=1S/C19H38OS/c1-3-4-5-6-7-8-9-10-11-12-13-14-15-16-17-18(2)19(20)21/h18H,3-17H2,1-2H3,(H,20,21). The second-order valence-corrected chi connectivity index (χ2v) is 7.06. The minimum Gasteiger partial charge on any atom is -0.287 e. The first-order valence-electron chi connectivity index (χ1n) is 9.41. The van der Waals surface area contributed by atoms with E-state index in [1.54, 1.807) is 0 Å². The molecule has 0 N–H and O–H groups in total. The van der Waals surface area contributed by atoms with Crippen LogP contribution in [-0.4, -0.2) is 5.12 Å². The van der Waals surface area contributed by atoms with E-state index in [4.69, 9.17) is 0 Å². The molecule has 0 bridgehead atoms. The van der Waals surface area contributed by atoms with E-state index in [-0.39, 0.29) is 11.0 Å². The summed E-state index contributed by atoms with van der Waals surface area (Å²) in [7, 11) is 0. The van der Waals surface area contributed by atoms with Gasteiger partial charge in [0.1, 0.15) is 0 Å². The predicted octanol–water partition coefficient (Wildman–Crippen LogP) is 6.95. The van der Waals surface area contributed by atoms with E-state index in [2.05, 4.69) is 19.6 Å². The van der Waals surface area contributed by atoms with Gasteiger partial charge in [0.15, 0.2) is 5.12 Å². The van der Waals surface area contributed by atoms with Crippen LogP contribution in [0.3, 0.4) is 0 Å². The molecule has 1 unspecified atom stereocenters. The smallest absolute Gasteiger partial charge is 0.188 e. The van der Waals surface area contributed by atoms with Gasteiger partial charge in [-0.25, -0.2) is 0 Å². The minimum atomic E-state index is 0.0460. The van der Waals surface area contributed by atoms with Crippen LogP contribution in [0.15, 0.2) is 0 Å². The highest BCUT2D eigenvalue weighted by Crippen LogP contribution is 2.15. The molecule has 0 heterocycles. The molecule has 0 amide bonds. The Bertz CT molecular complexity index is 228. The molecule has 0 rings (SSSR count). The summed E-state index contributed by atoms with van der Waals surface area (Å²) in [5.41, 5.74) is 0. The number of hydrogen-bond donors (Lipinski definition) is 1. The van der Waals surface area contributed by atoms with Crippen LogP contribution in [0.25, 0.3) is 0 Å². The van der Waals surface area contributed by atoms with Crippen molar-refractivity contribution in [1.82, 2.24) is 0 Å². The van der Waals surface area contributed by atoms with Gasteiger partial charge in [-0.2, -0.15) is 0 Å². The molecule has 0 saturated carbocycles. The summed E-state index contributed by atoms with van der Waals surface area (Å²) in [6.45, 7) is 4.26. The monoisotopic (exact) mass is 314 g/mol. The van der Waals surface area contributed by atoms with Gasteiger partial charge in [0.2, 0.25) is 0 Å². The number of carbonyl (C=O) groups excluding carboxylic acids is 1. The Balaban J connectivity index is 3.04. The van der Waals surface area contributed by atoms with E-state index in [9.17, 15) is 4.79 Å². The van der Waals surface area contributed by atoms with Crippen molar-refractivity contribution in [3.8, 4) is 0 Å². The molecule has 0 fully saturated rings. The van der Waals surface area contributed by atoms with Gasteiger partial charge in [0, 0.05) is 5.92 Å². The Morgan fingerprint density at radius 3 is 1.38 bits per heavy atom. The van der Waals surface area contributed by atoms with Crippen molar-refractivity contribution in [1.29, 1.82) is 0 Å². The Kier molecular flexibility index (Phi) is 16.4. The Hall–Kier alpha value is 0.0200. The lowest BCUT2D eigenvalue weighted by molar-refractivity contribution is -0.113. The van der Waals surface area contributed by atoms with Crippen LogP contribution in [0.1, 0.15) is 110 Å². The zero-order chi connectivity index (χ0) is 15.8. The number of rotatable bonds is 16. The fraction of sp³-hybridized carbons (Fsp3) is 0.947. The van der Waals surface area contributed by atoms with E-state index in [1.165, 1.54) is 89.9 Å². The lowest BCUT2D eigenvalue weighted by Crippen LogP contribution is -2.03. The zero-order valence-corrected chi connectivity index (χ0v) is 15.4. The van der Waals surface area contributed by atoms with Crippen molar-refractivity contribution < 1.29 is 4.79 Å². The molecule has 0 aromatic heterocycles. The van der Waals surface area contributed by atoms with Gasteiger partial charge in [-0.3, -0.25) is 4.79 Å². The highest BCUT2D eigenvalue weighted by atomic mass is 32.1. The van der Waals surface area contributed by atoms with E-state index >= 15 is 0 Å². The SMILES string of the molecule is CCCCCCCCCCCCCCCCC(C)C(=O)S. The van der Waals surface area contributed by atoms with Gasteiger partial charge in [0.25, 0.3) is 0 Å². The summed E-state index contributed by atoms with van der Waals surface area (Å²) >= 11 is 3.88. The van der Waals surface area contributed by atoms with E-state index < -0.39 is 0 Å². The maximum atomic E-state index is 11.0. The average Bonchev–Trinajstić information content (AvgIpc) is 2.47. The zero-order valence-electron chi connectivity index (χ0n) is 14.5. The lowest BCUT2D eigenvalue weighted by Gasteiger charge is -2.06. The summed E-state index contributed by atoms with van der Waals surface area (Å²) in [5, 5.41) is 0.0460. The van der Waals surface area contributed by atoms with Crippen molar-refractivity contribution in [2.24, 2.45) is 5.92 Å². The number of unbranched alkanes of at least 4 members (excludes halogenated alkanes) is 13. The highest BCUT2D eigenvalue weighted by Gasteiger charge is 2.07. The van der Waals surface area contributed by atoms with Crippen LogP contribution in [0.5, 0.6) is 0 Å². The minimum absolute atomic E-state index is 0.0460. The highest BCUT2D eigenvalue weighted by molar-refractivity contribution is 7.96. The molecule has 2 heteroatoms. The molecule has 0 aliphatic heterocycles. The first-order valence-corrected chi connectivity index (χ1v) is 9.86. The maximum absolute atomic E-state index is 11.0. The molecule has 0 radical (unpaired) electrons. The summed E-state index contributed by atoms with van der Waals surface area (Å²) in [6.07, 6.45) is 20.4.